The SMILES string of the molecule is CC(=O)N1CCC(c2c[nH]c3cc(C(=O)N4CCN(C(C)C)CC4)ccc23)CC1. The monoisotopic (exact) mass is 396 g/mol. The van der Waals surface area contributed by atoms with Gasteiger partial charge < -0.3 is 14.8 Å². The molecule has 2 amide bonds. The molecule has 6 nitrogen and oxygen atoms in total. The van der Waals surface area contributed by atoms with Crippen molar-refractivity contribution >= 4 is 22.7 Å². The van der Waals surface area contributed by atoms with E-state index in [1.54, 1.807) is 6.92 Å². The molecule has 2 aromatic rings. The van der Waals surface area contributed by atoms with Crippen LogP contribution in [0.25, 0.3) is 10.9 Å². The highest BCUT2D eigenvalue weighted by atomic mass is 16.2. The van der Waals surface area contributed by atoms with Gasteiger partial charge in [-0.15, -0.1) is 0 Å². The molecule has 1 N–H and O–H groups in total. The maximum absolute atomic E-state index is 13.0. The Hall–Kier alpha value is -2.34. The predicted octanol–water partition coefficient (Wildman–Crippen LogP) is 3.06. The Kier molecular flexibility index (Phi) is 5.63. The zero-order valence-corrected chi connectivity index (χ0v) is 17.8. The van der Waals surface area contributed by atoms with Gasteiger partial charge in [-0.25, -0.2) is 0 Å². The van der Waals surface area contributed by atoms with Crippen LogP contribution in [0.5, 0.6) is 0 Å². The highest BCUT2D eigenvalue weighted by Crippen LogP contribution is 2.33. The van der Waals surface area contributed by atoms with Gasteiger partial charge in [0.05, 0.1) is 0 Å². The first kappa shape index (κ1) is 20.0. The molecule has 1 aromatic carbocycles. The van der Waals surface area contributed by atoms with E-state index in [2.05, 4.69) is 36.0 Å². The van der Waals surface area contributed by atoms with E-state index >= 15 is 0 Å². The number of aromatic amines is 1. The summed E-state index contributed by atoms with van der Waals surface area (Å²) in [7, 11) is 0. The summed E-state index contributed by atoms with van der Waals surface area (Å²) in [6.07, 6.45) is 4.08. The van der Waals surface area contributed by atoms with Gasteiger partial charge in [-0.05, 0) is 50.3 Å². The van der Waals surface area contributed by atoms with Crippen LogP contribution in [-0.2, 0) is 4.79 Å². The molecule has 0 unspecified atom stereocenters. The fourth-order valence-electron chi connectivity index (χ4n) is 4.75. The maximum Gasteiger partial charge on any atom is 0.254 e. The van der Waals surface area contributed by atoms with E-state index in [0.717, 1.165) is 63.2 Å². The molecule has 0 atom stereocenters. The second-order valence-electron chi connectivity index (χ2n) is 8.71. The third kappa shape index (κ3) is 4.04. The van der Waals surface area contributed by atoms with E-state index < -0.39 is 0 Å². The number of hydrogen-bond donors (Lipinski definition) is 1. The predicted molar refractivity (Wildman–Crippen MR) is 115 cm³/mol. The first-order valence-electron chi connectivity index (χ1n) is 10.8. The number of fused-ring (bicyclic) bond motifs is 1. The lowest BCUT2D eigenvalue weighted by Gasteiger charge is -2.37. The van der Waals surface area contributed by atoms with E-state index in [4.69, 9.17) is 0 Å². The number of rotatable bonds is 3. The minimum absolute atomic E-state index is 0.126. The van der Waals surface area contributed by atoms with Crippen LogP contribution in [0.2, 0.25) is 0 Å². The van der Waals surface area contributed by atoms with Crippen molar-refractivity contribution in [2.45, 2.75) is 45.6 Å². The summed E-state index contributed by atoms with van der Waals surface area (Å²) in [4.78, 5) is 34.3. The smallest absolute Gasteiger partial charge is 0.254 e. The van der Waals surface area contributed by atoms with Gasteiger partial charge in [0.15, 0.2) is 0 Å². The van der Waals surface area contributed by atoms with Crippen molar-refractivity contribution in [2.75, 3.05) is 39.3 Å². The Labute approximate surface area is 172 Å². The summed E-state index contributed by atoms with van der Waals surface area (Å²) in [6.45, 7) is 11.2. The number of benzene rings is 1. The minimum Gasteiger partial charge on any atom is -0.361 e. The molecule has 0 spiro atoms. The summed E-state index contributed by atoms with van der Waals surface area (Å²) in [5, 5.41) is 1.20. The number of nitrogens with one attached hydrogen (secondary N) is 1. The molecule has 4 rings (SSSR count). The Balaban J connectivity index is 1.46. The van der Waals surface area contributed by atoms with Crippen LogP contribution in [0.4, 0.5) is 0 Å². The quantitative estimate of drug-likeness (QED) is 0.867. The van der Waals surface area contributed by atoms with Gasteiger partial charge in [0.1, 0.15) is 0 Å². The number of amides is 2. The summed E-state index contributed by atoms with van der Waals surface area (Å²) in [6, 6.07) is 6.60. The van der Waals surface area contributed by atoms with Crippen molar-refractivity contribution in [2.24, 2.45) is 0 Å². The number of carbonyl (C=O) groups is 2. The summed E-state index contributed by atoms with van der Waals surface area (Å²) >= 11 is 0. The van der Waals surface area contributed by atoms with E-state index in [1.807, 2.05) is 21.9 Å². The molecule has 156 valence electrons. The first-order chi connectivity index (χ1) is 13.9. The lowest BCUT2D eigenvalue weighted by molar-refractivity contribution is -0.129. The molecule has 0 radical (unpaired) electrons. The van der Waals surface area contributed by atoms with Crippen LogP contribution in [-0.4, -0.2) is 76.8 Å². The van der Waals surface area contributed by atoms with Crippen molar-refractivity contribution < 1.29 is 9.59 Å². The first-order valence-corrected chi connectivity index (χ1v) is 10.8. The van der Waals surface area contributed by atoms with Crippen LogP contribution in [0, 0.1) is 0 Å². The molecular weight excluding hydrogens is 364 g/mol. The average Bonchev–Trinajstić information content (AvgIpc) is 3.16. The van der Waals surface area contributed by atoms with Crippen molar-refractivity contribution in [3.63, 3.8) is 0 Å². The van der Waals surface area contributed by atoms with E-state index in [9.17, 15) is 9.59 Å². The number of nitrogens with zero attached hydrogens (tertiary/aromatic N) is 3. The standard InChI is InChI=1S/C23H32N4O2/c1-16(2)25-10-12-27(13-11-25)23(29)19-4-5-20-21(15-24-22(20)14-19)18-6-8-26(9-7-18)17(3)28/h4-5,14-16,18,24H,6-13H2,1-3H3. The second kappa shape index (κ2) is 8.19. The molecule has 6 heteroatoms. The number of hydrogen-bond acceptors (Lipinski definition) is 3. The average molecular weight is 397 g/mol. The summed E-state index contributed by atoms with van der Waals surface area (Å²) in [5.41, 5.74) is 3.10. The van der Waals surface area contributed by atoms with Gasteiger partial charge in [0.2, 0.25) is 5.91 Å². The van der Waals surface area contributed by atoms with E-state index in [-0.39, 0.29) is 11.8 Å². The molecule has 0 bridgehead atoms. The highest BCUT2D eigenvalue weighted by molar-refractivity contribution is 5.98. The molecule has 2 aliphatic heterocycles. The van der Waals surface area contributed by atoms with Crippen molar-refractivity contribution in [3.05, 3.63) is 35.5 Å². The van der Waals surface area contributed by atoms with Crippen LogP contribution < -0.4 is 0 Å². The fraction of sp³-hybridized carbons (Fsp3) is 0.565. The number of piperazine rings is 1. The number of carbonyl (C=O) groups excluding carboxylic acids is 2. The Bertz CT molecular complexity index is 887. The topological polar surface area (TPSA) is 59.7 Å². The molecule has 2 fully saturated rings. The van der Waals surface area contributed by atoms with Crippen LogP contribution >= 0.6 is 0 Å². The van der Waals surface area contributed by atoms with Crippen LogP contribution in [0.3, 0.4) is 0 Å². The van der Waals surface area contributed by atoms with Gasteiger partial charge in [0.25, 0.3) is 5.91 Å². The molecule has 0 saturated carbocycles. The molecule has 29 heavy (non-hydrogen) atoms. The summed E-state index contributed by atoms with van der Waals surface area (Å²) in [5.74, 6) is 0.756. The van der Waals surface area contributed by atoms with Gasteiger partial charge in [0, 0.05) is 74.9 Å². The lowest BCUT2D eigenvalue weighted by Crippen LogP contribution is -2.50. The van der Waals surface area contributed by atoms with E-state index in [0.29, 0.717) is 12.0 Å². The fourth-order valence-corrected chi connectivity index (χ4v) is 4.75. The zero-order valence-electron chi connectivity index (χ0n) is 17.8. The Morgan fingerprint density at radius 3 is 2.31 bits per heavy atom. The van der Waals surface area contributed by atoms with Crippen molar-refractivity contribution in [3.8, 4) is 0 Å². The Morgan fingerprint density at radius 1 is 1.00 bits per heavy atom. The highest BCUT2D eigenvalue weighted by Gasteiger charge is 2.26. The third-order valence-corrected chi connectivity index (χ3v) is 6.67. The van der Waals surface area contributed by atoms with Crippen LogP contribution in [0.15, 0.2) is 24.4 Å². The minimum atomic E-state index is 0.126. The van der Waals surface area contributed by atoms with E-state index in [1.165, 1.54) is 10.9 Å². The maximum atomic E-state index is 13.0. The Morgan fingerprint density at radius 2 is 1.69 bits per heavy atom. The summed E-state index contributed by atoms with van der Waals surface area (Å²) < 4.78 is 0. The molecular formula is C23H32N4O2. The van der Waals surface area contributed by atoms with Crippen LogP contribution in [0.1, 0.15) is 55.5 Å². The van der Waals surface area contributed by atoms with Gasteiger partial charge in [-0.1, -0.05) is 6.07 Å². The van der Waals surface area contributed by atoms with Gasteiger partial charge in [-0.2, -0.15) is 0 Å². The number of aromatic nitrogens is 1. The lowest BCUT2D eigenvalue weighted by atomic mass is 9.89. The molecule has 0 aliphatic carbocycles. The number of H-pyrrole nitrogens is 1. The third-order valence-electron chi connectivity index (χ3n) is 6.67. The second-order valence-corrected chi connectivity index (χ2v) is 8.71. The normalized spacial score (nSPS) is 19.3. The van der Waals surface area contributed by atoms with Crippen molar-refractivity contribution in [1.29, 1.82) is 0 Å². The van der Waals surface area contributed by atoms with Crippen molar-refractivity contribution in [1.82, 2.24) is 19.7 Å². The number of likely N-dealkylation sites (tertiary alicyclic amines) is 1. The number of piperidine rings is 1. The molecule has 2 aliphatic rings. The van der Waals surface area contributed by atoms with Gasteiger partial charge >= 0.3 is 0 Å². The zero-order chi connectivity index (χ0) is 20.5. The molecule has 2 saturated heterocycles. The van der Waals surface area contributed by atoms with Gasteiger partial charge in [-0.3, -0.25) is 14.5 Å². The molecule has 3 heterocycles. The molecule has 1 aromatic heterocycles. The largest absolute Gasteiger partial charge is 0.361 e.